The van der Waals surface area contributed by atoms with Crippen molar-refractivity contribution in [3.8, 4) is 11.3 Å². The number of imide groups is 1. The lowest BCUT2D eigenvalue weighted by Gasteiger charge is -2.14. The first-order valence-electron chi connectivity index (χ1n) is 11.4. The molecule has 0 aliphatic carbocycles. The summed E-state index contributed by atoms with van der Waals surface area (Å²) in [5.41, 5.74) is 4.17. The highest BCUT2D eigenvalue weighted by Gasteiger charge is 2.39. The number of nitrogens with one attached hydrogen (secondary N) is 1. The van der Waals surface area contributed by atoms with E-state index < -0.39 is 12.1 Å². The Morgan fingerprint density at radius 3 is 2.24 bits per heavy atom. The number of hydrogen-bond acceptors (Lipinski definition) is 3. The number of aromatic nitrogens is 1. The van der Waals surface area contributed by atoms with Gasteiger partial charge in [0.15, 0.2) is 5.78 Å². The van der Waals surface area contributed by atoms with Crippen LogP contribution in [0.2, 0.25) is 0 Å². The number of rotatable bonds is 7. The molecule has 2 heterocycles. The summed E-state index contributed by atoms with van der Waals surface area (Å²) in [5.74, 6) is -0.631. The Morgan fingerprint density at radius 2 is 1.53 bits per heavy atom. The number of Topliss-reactive ketones (excluding diaryl/α,β-unsaturated/α-hetero) is 1. The Hall–Kier alpha value is -4.19. The van der Waals surface area contributed by atoms with Gasteiger partial charge in [-0.2, -0.15) is 0 Å². The number of fused-ring (bicyclic) bond motifs is 1. The third kappa shape index (κ3) is 3.77. The zero-order valence-electron chi connectivity index (χ0n) is 18.9. The molecule has 4 aromatic rings. The molecule has 3 amide bonds. The van der Waals surface area contributed by atoms with Gasteiger partial charge in [-0.1, -0.05) is 78.9 Å². The Bertz CT molecular complexity index is 1380. The van der Waals surface area contributed by atoms with E-state index in [0.29, 0.717) is 18.5 Å². The topological polar surface area (TPSA) is 71.4 Å². The maximum absolute atomic E-state index is 13.7. The minimum atomic E-state index is -0.673. The van der Waals surface area contributed by atoms with Gasteiger partial charge < -0.3 is 9.88 Å². The molecule has 0 radical (unpaired) electrons. The normalized spacial score (nSPS) is 15.7. The number of ketones is 1. The summed E-state index contributed by atoms with van der Waals surface area (Å²) in [6, 6.07) is 25.8. The first-order valence-corrected chi connectivity index (χ1v) is 11.4. The molecular formula is C28H25N3O3. The summed E-state index contributed by atoms with van der Waals surface area (Å²) in [7, 11) is 0. The van der Waals surface area contributed by atoms with Crippen LogP contribution in [0.25, 0.3) is 22.2 Å². The molecule has 170 valence electrons. The predicted octanol–water partition coefficient (Wildman–Crippen LogP) is 4.67. The van der Waals surface area contributed by atoms with Crippen molar-refractivity contribution in [2.24, 2.45) is 0 Å². The first-order chi connectivity index (χ1) is 16.6. The van der Waals surface area contributed by atoms with Crippen LogP contribution in [0.1, 0.15) is 22.8 Å². The van der Waals surface area contributed by atoms with Crippen molar-refractivity contribution in [2.45, 2.75) is 25.9 Å². The molecule has 6 nitrogen and oxygen atoms in total. The van der Waals surface area contributed by atoms with Crippen LogP contribution in [0.3, 0.4) is 0 Å². The second-order valence-corrected chi connectivity index (χ2v) is 8.39. The molecule has 1 aliphatic rings. The van der Waals surface area contributed by atoms with E-state index in [1.165, 1.54) is 0 Å². The number of amides is 3. The lowest BCUT2D eigenvalue weighted by Crippen LogP contribution is -2.36. The van der Waals surface area contributed by atoms with Crippen molar-refractivity contribution in [1.82, 2.24) is 14.8 Å². The van der Waals surface area contributed by atoms with Gasteiger partial charge in [-0.3, -0.25) is 14.5 Å². The lowest BCUT2D eigenvalue weighted by molar-refractivity contribution is -0.127. The molecule has 3 aromatic carbocycles. The zero-order chi connectivity index (χ0) is 23.7. The fourth-order valence-corrected chi connectivity index (χ4v) is 4.75. The SMILES string of the molecule is CCn1c(-c2ccccc2)c(C(=O)CN2C(=O)N[C@H](Cc3ccccc3)C2=O)c2ccccc21. The molecule has 1 aliphatic heterocycles. The summed E-state index contributed by atoms with van der Waals surface area (Å²) in [6.07, 6.45) is 0.389. The van der Waals surface area contributed by atoms with Crippen molar-refractivity contribution in [2.75, 3.05) is 6.54 Å². The standard InChI is InChI=1S/C28H25N3O3/c1-2-30-23-16-10-9-15-21(23)25(26(30)20-13-7-4-8-14-20)24(32)18-31-27(33)22(29-28(31)34)17-19-11-5-3-6-12-19/h3-16,22H,2,17-18H2,1H3,(H,29,34)/t22-/m1/s1. The monoisotopic (exact) mass is 451 g/mol. The summed E-state index contributed by atoms with van der Waals surface area (Å²) < 4.78 is 2.11. The summed E-state index contributed by atoms with van der Waals surface area (Å²) >= 11 is 0. The fourth-order valence-electron chi connectivity index (χ4n) is 4.75. The number of carbonyl (C=O) groups excluding carboxylic acids is 3. The molecule has 0 bridgehead atoms. The van der Waals surface area contributed by atoms with E-state index >= 15 is 0 Å². The molecule has 0 saturated carbocycles. The van der Waals surface area contributed by atoms with Gasteiger partial charge in [-0.25, -0.2) is 4.79 Å². The van der Waals surface area contributed by atoms with Crippen LogP contribution in [-0.4, -0.2) is 39.8 Å². The summed E-state index contributed by atoms with van der Waals surface area (Å²) in [6.45, 7) is 2.42. The maximum Gasteiger partial charge on any atom is 0.325 e. The minimum absolute atomic E-state index is 0.258. The largest absolute Gasteiger partial charge is 0.340 e. The highest BCUT2D eigenvalue weighted by molar-refractivity contribution is 6.17. The number of hydrogen-bond donors (Lipinski definition) is 1. The molecular weight excluding hydrogens is 426 g/mol. The average Bonchev–Trinajstić information content (AvgIpc) is 3.34. The molecule has 0 unspecified atom stereocenters. The van der Waals surface area contributed by atoms with Gasteiger partial charge in [-0.05, 0) is 24.1 Å². The molecule has 34 heavy (non-hydrogen) atoms. The molecule has 1 fully saturated rings. The van der Waals surface area contributed by atoms with E-state index in [4.69, 9.17) is 0 Å². The molecule has 0 spiro atoms. The highest BCUT2D eigenvalue weighted by atomic mass is 16.2. The van der Waals surface area contributed by atoms with Gasteiger partial charge in [-0.15, -0.1) is 0 Å². The predicted molar refractivity (Wildman–Crippen MR) is 132 cm³/mol. The van der Waals surface area contributed by atoms with Gasteiger partial charge in [0.1, 0.15) is 6.04 Å². The van der Waals surface area contributed by atoms with Crippen LogP contribution >= 0.6 is 0 Å². The van der Waals surface area contributed by atoms with Gasteiger partial charge in [0.2, 0.25) is 0 Å². The number of carbonyl (C=O) groups is 3. The van der Waals surface area contributed by atoms with E-state index in [-0.39, 0.29) is 18.2 Å². The Balaban J connectivity index is 1.50. The van der Waals surface area contributed by atoms with E-state index in [1.54, 1.807) is 0 Å². The average molecular weight is 452 g/mol. The summed E-state index contributed by atoms with van der Waals surface area (Å²) in [4.78, 5) is 40.5. The molecule has 5 rings (SSSR count). The zero-order valence-corrected chi connectivity index (χ0v) is 18.9. The molecule has 1 aromatic heterocycles. The number of aryl methyl sites for hydroxylation is 1. The third-order valence-electron chi connectivity index (χ3n) is 6.30. The Labute approximate surface area is 197 Å². The molecule has 1 N–H and O–H groups in total. The summed E-state index contributed by atoms with van der Waals surface area (Å²) in [5, 5.41) is 3.56. The maximum atomic E-state index is 13.7. The smallest absolute Gasteiger partial charge is 0.325 e. The van der Waals surface area contributed by atoms with Crippen LogP contribution in [0.15, 0.2) is 84.9 Å². The second-order valence-electron chi connectivity index (χ2n) is 8.39. The molecule has 1 saturated heterocycles. The number of urea groups is 1. The lowest BCUT2D eigenvalue weighted by atomic mass is 10.0. The van der Waals surface area contributed by atoms with E-state index in [0.717, 1.165) is 32.6 Å². The van der Waals surface area contributed by atoms with Crippen LogP contribution in [0.4, 0.5) is 4.79 Å². The van der Waals surface area contributed by atoms with Crippen LogP contribution in [0, 0.1) is 0 Å². The highest BCUT2D eigenvalue weighted by Crippen LogP contribution is 2.34. The van der Waals surface area contributed by atoms with Crippen molar-refractivity contribution in [1.29, 1.82) is 0 Å². The Kier molecular flexibility index (Phi) is 5.72. The van der Waals surface area contributed by atoms with Crippen LogP contribution < -0.4 is 5.32 Å². The fraction of sp³-hybridized carbons (Fsp3) is 0.179. The second kappa shape index (κ2) is 8.98. The van der Waals surface area contributed by atoms with Gasteiger partial charge in [0.25, 0.3) is 5.91 Å². The first kappa shape index (κ1) is 21.6. The number of benzene rings is 3. The van der Waals surface area contributed by atoms with Crippen molar-refractivity contribution in [3.63, 3.8) is 0 Å². The van der Waals surface area contributed by atoms with Crippen molar-refractivity contribution < 1.29 is 14.4 Å². The molecule has 1 atom stereocenters. The number of para-hydroxylation sites is 1. The molecule has 6 heteroatoms. The third-order valence-corrected chi connectivity index (χ3v) is 6.30. The quantitative estimate of drug-likeness (QED) is 0.328. The van der Waals surface area contributed by atoms with Crippen LogP contribution in [0.5, 0.6) is 0 Å². The van der Waals surface area contributed by atoms with Crippen molar-refractivity contribution in [3.05, 3.63) is 96.1 Å². The van der Waals surface area contributed by atoms with Crippen LogP contribution in [-0.2, 0) is 17.8 Å². The minimum Gasteiger partial charge on any atom is -0.340 e. The number of nitrogens with zero attached hydrogens (tertiary/aromatic N) is 2. The van der Waals surface area contributed by atoms with Gasteiger partial charge >= 0.3 is 6.03 Å². The van der Waals surface area contributed by atoms with E-state index in [9.17, 15) is 14.4 Å². The van der Waals surface area contributed by atoms with E-state index in [1.807, 2.05) is 91.9 Å². The van der Waals surface area contributed by atoms with Gasteiger partial charge in [0, 0.05) is 23.9 Å². The van der Waals surface area contributed by atoms with E-state index in [2.05, 4.69) is 9.88 Å². The van der Waals surface area contributed by atoms with Crippen molar-refractivity contribution >= 4 is 28.6 Å². The van der Waals surface area contributed by atoms with Gasteiger partial charge in [0.05, 0.1) is 17.8 Å². The Morgan fingerprint density at radius 1 is 0.882 bits per heavy atom.